The van der Waals surface area contributed by atoms with Gasteiger partial charge in [0, 0.05) is 30.6 Å². The molecule has 0 radical (unpaired) electrons. The Bertz CT molecular complexity index is 1510. The van der Waals surface area contributed by atoms with E-state index in [1.54, 1.807) is 13.2 Å². The largest absolute Gasteiger partial charge is 0.542 e. The minimum atomic E-state index is -5.19. The van der Waals surface area contributed by atoms with E-state index in [0.29, 0.717) is 24.3 Å². The smallest absolute Gasteiger partial charge is 0.430 e. The van der Waals surface area contributed by atoms with Crippen molar-refractivity contribution in [2.75, 3.05) is 13.7 Å². The van der Waals surface area contributed by atoms with Crippen LogP contribution in [-0.2, 0) is 24.8 Å². The summed E-state index contributed by atoms with van der Waals surface area (Å²) in [6.45, 7) is 1.01. The van der Waals surface area contributed by atoms with Crippen molar-refractivity contribution in [2.24, 2.45) is 7.05 Å². The molecule has 0 fully saturated rings. The zero-order valence-corrected chi connectivity index (χ0v) is 21.2. The number of aliphatic carboxylic acids is 1. The molecule has 39 heavy (non-hydrogen) atoms. The monoisotopic (exact) mass is 538 g/mol. The first-order valence-corrected chi connectivity index (χ1v) is 11.7. The number of hydrogen-bond acceptors (Lipinski definition) is 5. The lowest BCUT2D eigenvalue weighted by Crippen LogP contribution is -2.37. The molecule has 2 aromatic carbocycles. The first kappa shape index (κ1) is 28.7. The van der Waals surface area contributed by atoms with Crippen molar-refractivity contribution >= 4 is 22.8 Å². The van der Waals surface area contributed by atoms with Crippen LogP contribution in [0.2, 0.25) is 0 Å². The minimum absolute atomic E-state index is 0.138. The number of aryl methyl sites for hydroxylation is 1. The van der Waals surface area contributed by atoms with Crippen molar-refractivity contribution in [3.05, 3.63) is 95.4 Å². The number of ether oxygens (including phenoxy) is 1. The molecule has 4 aromatic rings. The van der Waals surface area contributed by atoms with E-state index in [9.17, 15) is 23.2 Å². The quantitative estimate of drug-likeness (QED) is 0.364. The Kier molecular flexibility index (Phi) is 9.28. The number of carbonyl (C=O) groups is 2. The highest BCUT2D eigenvalue weighted by atomic mass is 19.4. The summed E-state index contributed by atoms with van der Waals surface area (Å²) in [6.07, 6.45) is -0.451. The van der Waals surface area contributed by atoms with Gasteiger partial charge in [-0.25, -0.2) is 4.57 Å². The number of alkyl halides is 3. The van der Waals surface area contributed by atoms with Gasteiger partial charge in [-0.2, -0.15) is 18.4 Å². The van der Waals surface area contributed by atoms with E-state index in [4.69, 9.17) is 14.6 Å². The number of nitriles is 1. The lowest BCUT2D eigenvalue weighted by Gasteiger charge is -2.12. The van der Waals surface area contributed by atoms with Crippen molar-refractivity contribution in [2.45, 2.75) is 19.1 Å². The Morgan fingerprint density at radius 1 is 1.08 bits per heavy atom. The van der Waals surface area contributed by atoms with Gasteiger partial charge in [0.2, 0.25) is 0 Å². The summed E-state index contributed by atoms with van der Waals surface area (Å²) >= 11 is 0. The average Bonchev–Trinajstić information content (AvgIpc) is 3.28. The van der Waals surface area contributed by atoms with Crippen LogP contribution in [0.15, 0.2) is 73.1 Å². The van der Waals surface area contributed by atoms with E-state index < -0.39 is 12.1 Å². The molecule has 1 amide bonds. The number of nitrogens with one attached hydrogen (secondary N) is 1. The first-order chi connectivity index (χ1) is 18.5. The maximum Gasteiger partial charge on any atom is 0.430 e. The molecule has 0 atom stereocenters. The van der Waals surface area contributed by atoms with Gasteiger partial charge in [-0.1, -0.05) is 18.2 Å². The molecule has 0 spiro atoms. The van der Waals surface area contributed by atoms with Crippen molar-refractivity contribution in [1.82, 2.24) is 9.88 Å². The summed E-state index contributed by atoms with van der Waals surface area (Å²) in [5, 5.41) is 22.0. The molecular weight excluding hydrogens is 513 g/mol. The van der Waals surface area contributed by atoms with E-state index in [1.165, 1.54) is 5.56 Å². The highest BCUT2D eigenvalue weighted by Crippen LogP contribution is 2.29. The van der Waals surface area contributed by atoms with Crippen LogP contribution < -0.4 is 19.7 Å². The summed E-state index contributed by atoms with van der Waals surface area (Å²) in [5.41, 5.74) is 4.19. The SMILES string of the molecule is COc1cccc2c1cc(C(=O)NCCc1cc[n+](C)cc1)n2Cc1cccc(C#N)c1.O=C([O-])C(F)(F)F. The van der Waals surface area contributed by atoms with Gasteiger partial charge in [0.1, 0.15) is 24.5 Å². The van der Waals surface area contributed by atoms with Crippen LogP contribution in [0, 0.1) is 11.3 Å². The second kappa shape index (κ2) is 12.6. The normalized spacial score (nSPS) is 10.8. The van der Waals surface area contributed by atoms with E-state index in [2.05, 4.69) is 23.5 Å². The van der Waals surface area contributed by atoms with Crippen LogP contribution in [0.25, 0.3) is 10.9 Å². The fourth-order valence-electron chi connectivity index (χ4n) is 3.83. The molecule has 1 N–H and O–H groups in total. The molecule has 4 rings (SSSR count). The number of fused-ring (bicyclic) bond motifs is 1. The molecule has 0 aliphatic rings. The van der Waals surface area contributed by atoms with Gasteiger partial charge in [0.15, 0.2) is 12.4 Å². The fourth-order valence-corrected chi connectivity index (χ4v) is 3.83. The number of nitrogens with zero attached hydrogens (tertiary/aromatic N) is 3. The number of carboxylic acids is 1. The molecule has 0 aliphatic heterocycles. The Morgan fingerprint density at radius 3 is 2.36 bits per heavy atom. The number of methoxy groups -OCH3 is 1. The summed E-state index contributed by atoms with van der Waals surface area (Å²) in [4.78, 5) is 21.9. The number of rotatable bonds is 7. The highest BCUT2D eigenvalue weighted by Gasteiger charge is 2.28. The summed E-state index contributed by atoms with van der Waals surface area (Å²) in [6, 6.07) is 21.4. The molecule has 2 aromatic heterocycles. The van der Waals surface area contributed by atoms with E-state index >= 15 is 0 Å². The third kappa shape index (κ3) is 7.58. The standard InChI is InChI=1S/C26H24N4O2.C2HF3O2/c1-29-13-10-19(11-14-29)9-12-28-26(31)24-16-22-23(7-4-8-25(22)32-2)30(24)18-21-6-3-5-20(15-21)17-27;3-2(4,5)1(6)7/h3-8,10-11,13-16H,9,12,18H2,1-2H3;(H,6,7). The van der Waals surface area contributed by atoms with Gasteiger partial charge in [-0.05, 0) is 47.9 Å². The summed E-state index contributed by atoms with van der Waals surface area (Å²) in [7, 11) is 3.60. The topological polar surface area (TPSA) is 111 Å². The Labute approximate surface area is 222 Å². The molecule has 2 heterocycles. The lowest BCUT2D eigenvalue weighted by atomic mass is 10.1. The molecule has 0 saturated heterocycles. The van der Waals surface area contributed by atoms with Crippen LogP contribution in [0.3, 0.4) is 0 Å². The molecule has 11 heteroatoms. The molecule has 0 bridgehead atoms. The van der Waals surface area contributed by atoms with Crippen LogP contribution in [0.5, 0.6) is 5.75 Å². The number of aromatic nitrogens is 2. The number of pyridine rings is 1. The third-order valence-corrected chi connectivity index (χ3v) is 5.73. The zero-order valence-electron chi connectivity index (χ0n) is 21.2. The Morgan fingerprint density at radius 2 is 1.74 bits per heavy atom. The minimum Gasteiger partial charge on any atom is -0.542 e. The highest BCUT2D eigenvalue weighted by molar-refractivity contribution is 6.00. The van der Waals surface area contributed by atoms with Gasteiger partial charge in [-0.15, -0.1) is 0 Å². The van der Waals surface area contributed by atoms with Gasteiger partial charge >= 0.3 is 6.18 Å². The number of amides is 1. The maximum absolute atomic E-state index is 13.2. The fraction of sp³-hybridized carbons (Fsp3) is 0.214. The Hall–Kier alpha value is -4.85. The number of halogens is 3. The van der Waals surface area contributed by atoms with Gasteiger partial charge in [0.25, 0.3) is 5.91 Å². The predicted octanol–water partition coefficient (Wildman–Crippen LogP) is 2.67. The Balaban J connectivity index is 0.000000532. The first-order valence-electron chi connectivity index (χ1n) is 11.7. The number of carboxylic acid groups (broad SMARTS) is 1. The molecule has 0 unspecified atom stereocenters. The van der Waals surface area contributed by atoms with Gasteiger partial charge < -0.3 is 24.5 Å². The molecule has 0 aliphatic carbocycles. The van der Waals surface area contributed by atoms with Crippen molar-refractivity contribution in [3.8, 4) is 11.8 Å². The maximum atomic E-state index is 13.2. The molecule has 0 saturated carbocycles. The van der Waals surface area contributed by atoms with Crippen LogP contribution in [0.1, 0.15) is 27.2 Å². The third-order valence-electron chi connectivity index (χ3n) is 5.73. The van der Waals surface area contributed by atoms with Crippen LogP contribution in [-0.4, -0.2) is 36.3 Å². The summed E-state index contributed by atoms with van der Waals surface area (Å²) < 4.78 is 41.0. The second-order valence-corrected chi connectivity index (χ2v) is 8.48. The number of benzene rings is 2. The van der Waals surface area contributed by atoms with Crippen LogP contribution >= 0.6 is 0 Å². The van der Waals surface area contributed by atoms with Crippen molar-refractivity contribution in [1.29, 1.82) is 5.26 Å². The van der Waals surface area contributed by atoms with Gasteiger partial charge in [0.05, 0.1) is 24.3 Å². The van der Waals surface area contributed by atoms with Crippen molar-refractivity contribution < 1.29 is 37.2 Å². The lowest BCUT2D eigenvalue weighted by molar-refractivity contribution is -0.671. The molecular formula is C28H25F3N4O4. The summed E-state index contributed by atoms with van der Waals surface area (Å²) in [5.74, 6) is -2.42. The van der Waals surface area contributed by atoms with E-state index in [-0.39, 0.29) is 5.91 Å². The molecule has 8 nitrogen and oxygen atoms in total. The molecule has 202 valence electrons. The van der Waals surface area contributed by atoms with Crippen LogP contribution in [0.4, 0.5) is 13.2 Å². The van der Waals surface area contributed by atoms with E-state index in [1.807, 2.05) is 71.0 Å². The van der Waals surface area contributed by atoms with Crippen molar-refractivity contribution in [3.63, 3.8) is 0 Å². The average molecular weight is 539 g/mol. The second-order valence-electron chi connectivity index (χ2n) is 8.48. The van der Waals surface area contributed by atoms with Gasteiger partial charge in [-0.3, -0.25) is 4.79 Å². The number of carbonyl (C=O) groups excluding carboxylic acids is 2. The predicted molar refractivity (Wildman–Crippen MR) is 133 cm³/mol. The van der Waals surface area contributed by atoms with E-state index in [0.717, 1.165) is 28.6 Å². The zero-order chi connectivity index (χ0) is 28.6. The number of hydrogen-bond donors (Lipinski definition) is 1.